The molecule has 0 saturated heterocycles. The number of rotatable bonds is 1. The first-order valence-electron chi connectivity index (χ1n) is 3.78. The summed E-state index contributed by atoms with van der Waals surface area (Å²) in [5.74, 6) is -0.0264. The van der Waals surface area contributed by atoms with Gasteiger partial charge in [0.15, 0.2) is 5.78 Å². The van der Waals surface area contributed by atoms with Crippen molar-refractivity contribution in [1.29, 1.82) is 5.26 Å². The third-order valence-electron chi connectivity index (χ3n) is 1.89. The van der Waals surface area contributed by atoms with Crippen LogP contribution in [0.5, 0.6) is 0 Å². The van der Waals surface area contributed by atoms with E-state index in [1.165, 1.54) is 6.92 Å². The lowest BCUT2D eigenvalue weighted by Crippen LogP contribution is -1.99. The third kappa shape index (κ3) is 1.78. The van der Waals surface area contributed by atoms with Gasteiger partial charge in [0.05, 0.1) is 11.6 Å². The molecule has 0 heterocycles. The molecule has 1 aromatic rings. The Hall–Kier alpha value is -1.14. The van der Waals surface area contributed by atoms with E-state index in [1.807, 2.05) is 6.07 Å². The van der Waals surface area contributed by atoms with Gasteiger partial charge in [0.2, 0.25) is 0 Å². The highest BCUT2D eigenvalue weighted by molar-refractivity contribution is 9.10. The first kappa shape index (κ1) is 9.94. The van der Waals surface area contributed by atoms with E-state index in [-0.39, 0.29) is 5.78 Å². The van der Waals surface area contributed by atoms with Gasteiger partial charge >= 0.3 is 0 Å². The van der Waals surface area contributed by atoms with Gasteiger partial charge in [-0.25, -0.2) is 0 Å². The molecule has 0 atom stereocenters. The van der Waals surface area contributed by atoms with Crippen molar-refractivity contribution in [3.8, 4) is 6.07 Å². The fraction of sp³-hybridized carbons (Fsp3) is 0.200. The van der Waals surface area contributed by atoms with Crippen molar-refractivity contribution in [3.05, 3.63) is 33.3 Å². The van der Waals surface area contributed by atoms with Gasteiger partial charge in [0.1, 0.15) is 0 Å². The van der Waals surface area contributed by atoms with Crippen molar-refractivity contribution in [1.82, 2.24) is 0 Å². The highest BCUT2D eigenvalue weighted by Crippen LogP contribution is 2.23. The maximum Gasteiger partial charge on any atom is 0.161 e. The van der Waals surface area contributed by atoms with Gasteiger partial charge in [0, 0.05) is 10.0 Å². The fourth-order valence-electron chi connectivity index (χ4n) is 1.23. The van der Waals surface area contributed by atoms with Crippen LogP contribution in [0.3, 0.4) is 0 Å². The average molecular weight is 238 g/mol. The lowest BCUT2D eigenvalue weighted by atomic mass is 10.0. The molecule has 0 saturated carbocycles. The quantitative estimate of drug-likeness (QED) is 0.706. The van der Waals surface area contributed by atoms with Crippen molar-refractivity contribution in [2.75, 3.05) is 0 Å². The topological polar surface area (TPSA) is 40.9 Å². The van der Waals surface area contributed by atoms with Crippen LogP contribution in [-0.4, -0.2) is 5.78 Å². The zero-order valence-corrected chi connectivity index (χ0v) is 8.97. The lowest BCUT2D eigenvalue weighted by molar-refractivity contribution is 0.101. The Bertz CT molecular complexity index is 404. The third-order valence-corrected chi connectivity index (χ3v) is 2.55. The van der Waals surface area contributed by atoms with E-state index < -0.39 is 0 Å². The molecular weight excluding hydrogens is 230 g/mol. The molecule has 13 heavy (non-hydrogen) atoms. The van der Waals surface area contributed by atoms with Gasteiger partial charge in [-0.05, 0) is 31.5 Å². The number of carbonyl (C=O) groups is 1. The van der Waals surface area contributed by atoms with Crippen LogP contribution in [0.25, 0.3) is 0 Å². The van der Waals surface area contributed by atoms with E-state index >= 15 is 0 Å². The summed E-state index contributed by atoms with van der Waals surface area (Å²) in [6, 6.07) is 5.47. The molecular formula is C10H8BrNO. The van der Waals surface area contributed by atoms with Gasteiger partial charge in [-0.3, -0.25) is 4.79 Å². The number of carbonyl (C=O) groups excluding carboxylic acids is 1. The molecule has 0 N–H and O–H groups in total. The summed E-state index contributed by atoms with van der Waals surface area (Å²) in [6.45, 7) is 3.27. The molecule has 1 rings (SSSR count). The van der Waals surface area contributed by atoms with Crippen molar-refractivity contribution in [2.24, 2.45) is 0 Å². The van der Waals surface area contributed by atoms with E-state index in [9.17, 15) is 4.79 Å². The van der Waals surface area contributed by atoms with Crippen molar-refractivity contribution in [3.63, 3.8) is 0 Å². The summed E-state index contributed by atoms with van der Waals surface area (Å²) in [7, 11) is 0. The Morgan fingerprint density at radius 1 is 1.54 bits per heavy atom. The molecule has 0 radical (unpaired) electrons. The minimum atomic E-state index is -0.0264. The molecule has 0 bridgehead atoms. The number of nitrogens with zero attached hydrogens (tertiary/aromatic N) is 1. The van der Waals surface area contributed by atoms with Gasteiger partial charge in [0.25, 0.3) is 0 Å². The van der Waals surface area contributed by atoms with Crippen molar-refractivity contribution >= 4 is 21.7 Å². The fourth-order valence-corrected chi connectivity index (χ4v) is 1.94. The largest absolute Gasteiger partial charge is 0.294 e. The normalized spacial score (nSPS) is 9.38. The van der Waals surface area contributed by atoms with Crippen LogP contribution in [0.2, 0.25) is 0 Å². The molecule has 0 aliphatic carbocycles. The Kier molecular flexibility index (Phi) is 2.84. The number of Topliss-reactive ketones (excluding diaryl/α,β-unsaturated/α-hetero) is 1. The van der Waals surface area contributed by atoms with Gasteiger partial charge in [-0.15, -0.1) is 0 Å². The van der Waals surface area contributed by atoms with E-state index in [1.54, 1.807) is 19.1 Å². The second-order valence-corrected chi connectivity index (χ2v) is 3.62. The molecule has 0 amide bonds. The smallest absolute Gasteiger partial charge is 0.161 e. The van der Waals surface area contributed by atoms with Crippen LogP contribution >= 0.6 is 15.9 Å². The molecule has 0 aromatic heterocycles. The Labute approximate surface area is 85.3 Å². The zero-order chi connectivity index (χ0) is 10.0. The second kappa shape index (κ2) is 3.71. The average Bonchev–Trinajstić information content (AvgIpc) is 2.04. The van der Waals surface area contributed by atoms with E-state index in [2.05, 4.69) is 15.9 Å². The maximum absolute atomic E-state index is 11.2. The van der Waals surface area contributed by atoms with Crippen LogP contribution < -0.4 is 0 Å². The summed E-state index contributed by atoms with van der Waals surface area (Å²) >= 11 is 3.28. The van der Waals surface area contributed by atoms with Crippen LogP contribution in [0.15, 0.2) is 16.6 Å². The highest BCUT2D eigenvalue weighted by Gasteiger charge is 2.11. The zero-order valence-electron chi connectivity index (χ0n) is 7.39. The summed E-state index contributed by atoms with van der Waals surface area (Å²) in [4.78, 5) is 11.2. The first-order chi connectivity index (χ1) is 6.07. The maximum atomic E-state index is 11.2. The number of ketones is 1. The number of halogens is 1. The monoisotopic (exact) mass is 237 g/mol. The number of benzene rings is 1. The van der Waals surface area contributed by atoms with Crippen LogP contribution in [-0.2, 0) is 0 Å². The van der Waals surface area contributed by atoms with Crippen LogP contribution in [0, 0.1) is 18.3 Å². The SMILES string of the molecule is CC(=O)c1c(Br)ccc(C#N)c1C. The first-order valence-corrected chi connectivity index (χ1v) is 4.57. The van der Waals surface area contributed by atoms with Gasteiger partial charge in [-0.2, -0.15) is 5.26 Å². The molecule has 0 unspecified atom stereocenters. The second-order valence-electron chi connectivity index (χ2n) is 2.76. The highest BCUT2D eigenvalue weighted by atomic mass is 79.9. The summed E-state index contributed by atoms with van der Waals surface area (Å²) < 4.78 is 0.747. The lowest BCUT2D eigenvalue weighted by Gasteiger charge is -2.05. The standard InChI is InChI=1S/C10H8BrNO/c1-6-8(5-12)3-4-9(11)10(6)7(2)13/h3-4H,1-2H3. The van der Waals surface area contributed by atoms with Gasteiger partial charge < -0.3 is 0 Å². The van der Waals surface area contributed by atoms with E-state index in [0.717, 1.165) is 10.0 Å². The molecule has 1 aromatic carbocycles. The summed E-state index contributed by atoms with van der Waals surface area (Å²) in [5, 5.41) is 8.74. The molecule has 0 fully saturated rings. The van der Waals surface area contributed by atoms with E-state index in [4.69, 9.17) is 5.26 Å². The summed E-state index contributed by atoms with van der Waals surface area (Å²) in [5.41, 5.74) is 1.89. The summed E-state index contributed by atoms with van der Waals surface area (Å²) in [6.07, 6.45) is 0. The Morgan fingerprint density at radius 3 is 2.62 bits per heavy atom. The molecule has 0 spiro atoms. The minimum Gasteiger partial charge on any atom is -0.294 e. The Balaban J connectivity index is 3.50. The van der Waals surface area contributed by atoms with Crippen LogP contribution in [0.4, 0.5) is 0 Å². The molecule has 3 heteroatoms. The predicted molar refractivity (Wildman–Crippen MR) is 53.6 cm³/mol. The number of hydrogen-bond donors (Lipinski definition) is 0. The number of nitriles is 1. The Morgan fingerprint density at radius 2 is 2.15 bits per heavy atom. The van der Waals surface area contributed by atoms with Gasteiger partial charge in [-0.1, -0.05) is 15.9 Å². The van der Waals surface area contributed by atoms with Crippen LogP contribution in [0.1, 0.15) is 28.4 Å². The molecule has 0 aliphatic rings. The molecule has 2 nitrogen and oxygen atoms in total. The molecule has 0 aliphatic heterocycles. The molecule has 66 valence electrons. The number of hydrogen-bond acceptors (Lipinski definition) is 2. The van der Waals surface area contributed by atoms with Crippen molar-refractivity contribution < 1.29 is 4.79 Å². The predicted octanol–water partition coefficient (Wildman–Crippen LogP) is 2.83. The minimum absolute atomic E-state index is 0.0264. The van der Waals surface area contributed by atoms with E-state index in [0.29, 0.717) is 11.1 Å². The van der Waals surface area contributed by atoms with Crippen molar-refractivity contribution in [2.45, 2.75) is 13.8 Å².